The van der Waals surface area contributed by atoms with Gasteiger partial charge in [-0.3, -0.25) is 0 Å². The van der Waals surface area contributed by atoms with Crippen LogP contribution < -0.4 is 4.18 Å². The summed E-state index contributed by atoms with van der Waals surface area (Å²) >= 11 is 0. The average molecular weight is 561 g/mol. The van der Waals surface area contributed by atoms with Gasteiger partial charge < -0.3 is 4.18 Å². The van der Waals surface area contributed by atoms with Crippen LogP contribution in [0.3, 0.4) is 0 Å². The van der Waals surface area contributed by atoms with Gasteiger partial charge in [-0.2, -0.15) is 21.6 Å². The maximum Gasteiger partial charge on any atom is 0.534 e. The first-order valence-corrected chi connectivity index (χ1v) is 14.1. The van der Waals surface area contributed by atoms with Crippen molar-refractivity contribution < 1.29 is 25.8 Å². The van der Waals surface area contributed by atoms with E-state index in [0.29, 0.717) is 18.4 Å². The molecule has 0 saturated heterocycles. The number of rotatable bonds is 8. The smallest absolute Gasteiger partial charge is 0.376 e. The van der Waals surface area contributed by atoms with Gasteiger partial charge in [0.15, 0.2) is 0 Å². The molecule has 0 saturated carbocycles. The van der Waals surface area contributed by atoms with Crippen molar-refractivity contribution >= 4 is 10.1 Å². The summed E-state index contributed by atoms with van der Waals surface area (Å²) in [5, 5.41) is 0. The first-order valence-electron chi connectivity index (χ1n) is 12.7. The van der Waals surface area contributed by atoms with Crippen LogP contribution in [-0.2, 0) is 28.4 Å². The van der Waals surface area contributed by atoms with Crippen molar-refractivity contribution in [3.8, 4) is 16.9 Å². The minimum Gasteiger partial charge on any atom is -0.376 e. The van der Waals surface area contributed by atoms with Crippen molar-refractivity contribution in [2.45, 2.75) is 30.7 Å². The maximum atomic E-state index is 13.2. The molecule has 0 bridgehead atoms. The molecule has 40 heavy (non-hydrogen) atoms. The molecule has 7 heteroatoms. The SMILES string of the molecule is C=CCc1cccc(C2(c3cccc(CC=C)c3)c3cc(C)ccc3-c3ccc(OS(=O)(=O)C(F)(F)F)cc32)c1. The lowest BCUT2D eigenvalue weighted by Gasteiger charge is -2.35. The number of hydrogen-bond acceptors (Lipinski definition) is 3. The molecule has 5 rings (SSSR count). The molecule has 0 atom stereocenters. The molecule has 0 heterocycles. The summed E-state index contributed by atoms with van der Waals surface area (Å²) in [5.74, 6) is -0.408. The molecule has 1 aliphatic carbocycles. The quantitative estimate of drug-likeness (QED) is 0.110. The Bertz CT molecular complexity index is 1680. The molecular weight excluding hydrogens is 533 g/mol. The average Bonchev–Trinajstić information content (AvgIpc) is 3.18. The van der Waals surface area contributed by atoms with Gasteiger partial charge in [0.2, 0.25) is 0 Å². The third kappa shape index (κ3) is 4.54. The number of benzene rings is 4. The van der Waals surface area contributed by atoms with Crippen LogP contribution in [0, 0.1) is 6.92 Å². The highest BCUT2D eigenvalue weighted by Gasteiger charge is 2.50. The molecule has 0 N–H and O–H groups in total. The lowest BCUT2D eigenvalue weighted by atomic mass is 9.67. The van der Waals surface area contributed by atoms with Gasteiger partial charge in [-0.1, -0.05) is 90.5 Å². The Morgan fingerprint density at radius 1 is 0.775 bits per heavy atom. The lowest BCUT2D eigenvalue weighted by molar-refractivity contribution is -0.0500. The Labute approximate surface area is 232 Å². The third-order valence-corrected chi connectivity index (χ3v) is 8.21. The van der Waals surface area contributed by atoms with Gasteiger partial charge in [-0.15, -0.1) is 13.2 Å². The van der Waals surface area contributed by atoms with Gasteiger partial charge in [0.25, 0.3) is 0 Å². The largest absolute Gasteiger partial charge is 0.534 e. The molecule has 0 spiro atoms. The number of fused-ring (bicyclic) bond motifs is 3. The minimum atomic E-state index is -5.86. The summed E-state index contributed by atoms with van der Waals surface area (Å²) in [5.41, 5.74) is 1.59. The molecule has 1 aliphatic rings. The Hall–Kier alpha value is -4.10. The lowest BCUT2D eigenvalue weighted by Crippen LogP contribution is -2.30. The van der Waals surface area contributed by atoms with Crippen molar-refractivity contribution in [2.24, 2.45) is 0 Å². The maximum absolute atomic E-state index is 13.2. The zero-order valence-electron chi connectivity index (χ0n) is 21.8. The van der Waals surface area contributed by atoms with Crippen LogP contribution in [0.4, 0.5) is 13.2 Å². The molecule has 0 aromatic heterocycles. The molecule has 0 unspecified atom stereocenters. The van der Waals surface area contributed by atoms with Crippen LogP contribution in [0.2, 0.25) is 0 Å². The van der Waals surface area contributed by atoms with E-state index in [1.165, 1.54) is 12.1 Å². The highest BCUT2D eigenvalue weighted by Crippen LogP contribution is 2.57. The van der Waals surface area contributed by atoms with E-state index in [9.17, 15) is 21.6 Å². The summed E-state index contributed by atoms with van der Waals surface area (Å²) in [6, 6.07) is 26.4. The number of halogens is 3. The summed E-state index contributed by atoms with van der Waals surface area (Å²) < 4.78 is 68.2. The summed E-state index contributed by atoms with van der Waals surface area (Å²) in [6.45, 7) is 9.72. The number of alkyl halides is 3. The molecule has 4 aromatic carbocycles. The van der Waals surface area contributed by atoms with Crippen molar-refractivity contribution in [3.05, 3.63) is 149 Å². The van der Waals surface area contributed by atoms with E-state index in [1.54, 1.807) is 6.07 Å². The zero-order chi connectivity index (χ0) is 28.7. The Morgan fingerprint density at radius 2 is 1.30 bits per heavy atom. The number of hydrogen-bond donors (Lipinski definition) is 0. The second kappa shape index (κ2) is 10.1. The van der Waals surface area contributed by atoms with Crippen LogP contribution in [0.25, 0.3) is 11.1 Å². The summed E-state index contributed by atoms with van der Waals surface area (Å²) in [6.07, 6.45) is 4.87. The number of allylic oxidation sites excluding steroid dienone is 2. The van der Waals surface area contributed by atoms with Crippen LogP contribution >= 0.6 is 0 Å². The third-order valence-electron chi connectivity index (χ3n) is 7.23. The topological polar surface area (TPSA) is 43.4 Å². The standard InChI is InChI=1S/C33H27F3O3S/c1-4-8-23-10-6-12-25(19-23)32(26-13-7-11-24(20-26)9-5-2)30-18-22(3)14-16-28(30)29-17-15-27(21-31(29)32)39-40(37,38)33(34,35)36/h4-7,10-21H,1-2,8-9H2,3H3. The molecule has 0 amide bonds. The second-order valence-corrected chi connectivity index (χ2v) is 11.4. The van der Waals surface area contributed by atoms with E-state index < -0.39 is 26.8 Å². The first kappa shape index (κ1) is 27.5. The molecular formula is C33H27F3O3S. The fraction of sp³-hybridized carbons (Fsp3) is 0.152. The Morgan fingerprint density at radius 3 is 1.82 bits per heavy atom. The van der Waals surface area contributed by atoms with E-state index >= 15 is 0 Å². The Balaban J connectivity index is 1.88. The summed E-state index contributed by atoms with van der Waals surface area (Å²) in [4.78, 5) is 0. The molecule has 0 radical (unpaired) electrons. The van der Waals surface area contributed by atoms with E-state index in [1.807, 2.05) is 67.6 Å². The van der Waals surface area contributed by atoms with Crippen molar-refractivity contribution in [3.63, 3.8) is 0 Å². The molecule has 4 aromatic rings. The summed E-state index contributed by atoms with van der Waals surface area (Å²) in [7, 11) is -5.86. The molecule has 0 aliphatic heterocycles. The second-order valence-electron chi connectivity index (χ2n) is 9.88. The van der Waals surface area contributed by atoms with Gasteiger partial charge in [0.1, 0.15) is 5.75 Å². The monoisotopic (exact) mass is 560 g/mol. The highest BCUT2D eigenvalue weighted by molar-refractivity contribution is 7.88. The first-order chi connectivity index (χ1) is 19.0. The van der Waals surface area contributed by atoms with E-state index in [0.717, 1.165) is 44.5 Å². The van der Waals surface area contributed by atoms with E-state index in [-0.39, 0.29) is 0 Å². The fourth-order valence-corrected chi connectivity index (χ4v) is 6.08. The van der Waals surface area contributed by atoms with Crippen LogP contribution in [0.5, 0.6) is 5.75 Å². The van der Waals surface area contributed by atoms with Crippen LogP contribution in [0.1, 0.15) is 38.9 Å². The predicted molar refractivity (Wildman–Crippen MR) is 152 cm³/mol. The van der Waals surface area contributed by atoms with Crippen LogP contribution in [0.15, 0.2) is 110 Å². The normalized spacial score (nSPS) is 13.8. The van der Waals surface area contributed by atoms with Gasteiger partial charge in [-0.25, -0.2) is 0 Å². The highest BCUT2D eigenvalue weighted by atomic mass is 32.2. The minimum absolute atomic E-state index is 0.408. The van der Waals surface area contributed by atoms with Crippen molar-refractivity contribution in [1.29, 1.82) is 0 Å². The van der Waals surface area contributed by atoms with Gasteiger partial charge in [-0.05, 0) is 76.4 Å². The zero-order valence-corrected chi connectivity index (χ0v) is 22.6. The van der Waals surface area contributed by atoms with E-state index in [2.05, 4.69) is 35.5 Å². The molecule has 204 valence electrons. The van der Waals surface area contributed by atoms with Gasteiger partial charge >= 0.3 is 15.6 Å². The molecule has 0 fully saturated rings. The van der Waals surface area contributed by atoms with Gasteiger partial charge in [0.05, 0.1) is 5.41 Å². The Kier molecular flexibility index (Phi) is 6.96. The van der Waals surface area contributed by atoms with Crippen LogP contribution in [-0.4, -0.2) is 13.9 Å². The number of aryl methyl sites for hydroxylation is 1. The molecule has 3 nitrogen and oxygen atoms in total. The predicted octanol–water partition coefficient (Wildman–Crippen LogP) is 8.04. The van der Waals surface area contributed by atoms with E-state index in [4.69, 9.17) is 0 Å². The van der Waals surface area contributed by atoms with Crippen molar-refractivity contribution in [1.82, 2.24) is 0 Å². The van der Waals surface area contributed by atoms with Gasteiger partial charge in [0, 0.05) is 0 Å². The fourth-order valence-electron chi connectivity index (χ4n) is 5.63. The van der Waals surface area contributed by atoms with Crippen molar-refractivity contribution in [2.75, 3.05) is 0 Å².